The Hall–Kier alpha value is -1.82. The van der Waals surface area contributed by atoms with Gasteiger partial charge < -0.3 is 19.9 Å². The molecule has 2 amide bonds. The summed E-state index contributed by atoms with van der Waals surface area (Å²) in [5.74, 6) is 0.0841. The van der Waals surface area contributed by atoms with Crippen molar-refractivity contribution in [1.29, 1.82) is 0 Å². The van der Waals surface area contributed by atoms with Crippen LogP contribution in [-0.2, 0) is 4.74 Å². The summed E-state index contributed by atoms with van der Waals surface area (Å²) < 4.78 is 19.4. The number of carbonyl (C=O) groups excluding carboxylic acids is 1. The Kier molecular flexibility index (Phi) is 5.78. The van der Waals surface area contributed by atoms with Crippen molar-refractivity contribution in [2.24, 2.45) is 5.92 Å². The molecule has 3 rings (SSSR count). The SMILES string of the molecule is CC(C)C1CCCCN1C(=O)Nc1cc(F)cc(N2CCOCC2)c1. The van der Waals surface area contributed by atoms with Gasteiger partial charge in [0.05, 0.1) is 13.2 Å². The van der Waals surface area contributed by atoms with Crippen molar-refractivity contribution in [3.8, 4) is 0 Å². The molecule has 0 aromatic heterocycles. The quantitative estimate of drug-likeness (QED) is 0.905. The normalized spacial score (nSPS) is 21.5. The zero-order valence-corrected chi connectivity index (χ0v) is 15.1. The van der Waals surface area contributed by atoms with Gasteiger partial charge in [0.25, 0.3) is 0 Å². The molecule has 0 radical (unpaired) electrons. The van der Waals surface area contributed by atoms with E-state index in [1.807, 2.05) is 11.0 Å². The smallest absolute Gasteiger partial charge is 0.322 e. The van der Waals surface area contributed by atoms with E-state index in [9.17, 15) is 9.18 Å². The van der Waals surface area contributed by atoms with Crippen molar-refractivity contribution in [3.63, 3.8) is 0 Å². The summed E-state index contributed by atoms with van der Waals surface area (Å²) in [6, 6.07) is 4.87. The molecule has 0 bridgehead atoms. The molecule has 2 aliphatic heterocycles. The first-order chi connectivity index (χ1) is 12.0. The second kappa shape index (κ2) is 8.04. The van der Waals surface area contributed by atoms with E-state index < -0.39 is 0 Å². The van der Waals surface area contributed by atoms with Gasteiger partial charge in [-0.15, -0.1) is 0 Å². The molecule has 1 atom stereocenters. The van der Waals surface area contributed by atoms with Crippen molar-refractivity contribution in [2.45, 2.75) is 39.2 Å². The number of ether oxygens (including phenoxy) is 1. The average molecular weight is 349 g/mol. The summed E-state index contributed by atoms with van der Waals surface area (Å²) in [6.45, 7) is 7.81. The van der Waals surface area contributed by atoms with Crippen LogP contribution >= 0.6 is 0 Å². The van der Waals surface area contributed by atoms with Crippen LogP contribution in [0.5, 0.6) is 0 Å². The highest BCUT2D eigenvalue weighted by Gasteiger charge is 2.29. The summed E-state index contributed by atoms with van der Waals surface area (Å²) >= 11 is 0. The number of urea groups is 1. The van der Waals surface area contributed by atoms with Gasteiger partial charge in [0.2, 0.25) is 0 Å². The lowest BCUT2D eigenvalue weighted by Gasteiger charge is -2.38. The minimum Gasteiger partial charge on any atom is -0.378 e. The summed E-state index contributed by atoms with van der Waals surface area (Å²) in [5.41, 5.74) is 1.30. The lowest BCUT2D eigenvalue weighted by molar-refractivity contribution is 0.122. The first kappa shape index (κ1) is 18.0. The summed E-state index contributed by atoms with van der Waals surface area (Å²) in [4.78, 5) is 16.7. The van der Waals surface area contributed by atoms with E-state index in [-0.39, 0.29) is 17.9 Å². The molecule has 1 unspecified atom stereocenters. The zero-order chi connectivity index (χ0) is 17.8. The number of benzene rings is 1. The van der Waals surface area contributed by atoms with Crippen molar-refractivity contribution >= 4 is 17.4 Å². The molecule has 1 N–H and O–H groups in total. The highest BCUT2D eigenvalue weighted by Crippen LogP contribution is 2.26. The number of likely N-dealkylation sites (tertiary alicyclic amines) is 1. The molecular formula is C19H28FN3O2. The van der Waals surface area contributed by atoms with Crippen molar-refractivity contribution < 1.29 is 13.9 Å². The minimum atomic E-state index is -0.335. The first-order valence-electron chi connectivity index (χ1n) is 9.25. The summed E-state index contributed by atoms with van der Waals surface area (Å²) in [7, 11) is 0. The molecule has 138 valence electrons. The van der Waals surface area contributed by atoms with E-state index in [0.29, 0.717) is 24.8 Å². The molecule has 0 aliphatic carbocycles. The molecule has 0 spiro atoms. The van der Waals surface area contributed by atoms with Crippen LogP contribution in [0.15, 0.2) is 18.2 Å². The fourth-order valence-electron chi connectivity index (χ4n) is 3.75. The number of amides is 2. The average Bonchev–Trinajstić information content (AvgIpc) is 2.62. The number of nitrogens with one attached hydrogen (secondary N) is 1. The zero-order valence-electron chi connectivity index (χ0n) is 15.1. The van der Waals surface area contributed by atoms with E-state index in [2.05, 4.69) is 24.1 Å². The minimum absolute atomic E-state index is 0.128. The Bertz CT molecular complexity index is 602. The summed E-state index contributed by atoms with van der Waals surface area (Å²) in [5, 5.41) is 2.91. The molecule has 2 aliphatic rings. The first-order valence-corrected chi connectivity index (χ1v) is 9.25. The fraction of sp³-hybridized carbons (Fsp3) is 0.632. The van der Waals surface area contributed by atoms with Gasteiger partial charge in [-0.25, -0.2) is 9.18 Å². The maximum atomic E-state index is 14.1. The van der Waals surface area contributed by atoms with Crippen LogP contribution in [0.2, 0.25) is 0 Å². The van der Waals surface area contributed by atoms with Crippen LogP contribution in [0.25, 0.3) is 0 Å². The Balaban J connectivity index is 1.73. The van der Waals surface area contributed by atoms with E-state index in [1.54, 1.807) is 0 Å². The highest BCUT2D eigenvalue weighted by molar-refractivity contribution is 5.90. The largest absolute Gasteiger partial charge is 0.378 e. The monoisotopic (exact) mass is 349 g/mol. The second-order valence-electron chi connectivity index (χ2n) is 7.23. The van der Waals surface area contributed by atoms with Gasteiger partial charge in [-0.1, -0.05) is 13.8 Å². The van der Waals surface area contributed by atoms with Crippen LogP contribution in [0.1, 0.15) is 33.1 Å². The predicted molar refractivity (Wildman–Crippen MR) is 97.6 cm³/mol. The van der Waals surface area contributed by atoms with Gasteiger partial charge in [0, 0.05) is 37.1 Å². The topological polar surface area (TPSA) is 44.8 Å². The Morgan fingerprint density at radius 2 is 1.96 bits per heavy atom. The third kappa shape index (κ3) is 4.42. The molecule has 1 aromatic carbocycles. The van der Waals surface area contributed by atoms with Crippen LogP contribution in [-0.4, -0.2) is 49.8 Å². The Labute approximate surface area is 149 Å². The van der Waals surface area contributed by atoms with Crippen molar-refractivity contribution in [1.82, 2.24) is 4.90 Å². The van der Waals surface area contributed by atoms with Gasteiger partial charge >= 0.3 is 6.03 Å². The molecule has 5 nitrogen and oxygen atoms in total. The Morgan fingerprint density at radius 1 is 1.20 bits per heavy atom. The molecule has 2 heterocycles. The number of hydrogen-bond donors (Lipinski definition) is 1. The molecule has 1 aromatic rings. The molecule has 2 saturated heterocycles. The highest BCUT2D eigenvalue weighted by atomic mass is 19.1. The third-order valence-electron chi connectivity index (χ3n) is 5.09. The number of hydrogen-bond acceptors (Lipinski definition) is 3. The van der Waals surface area contributed by atoms with Gasteiger partial charge in [-0.2, -0.15) is 0 Å². The van der Waals surface area contributed by atoms with Crippen molar-refractivity contribution in [3.05, 3.63) is 24.0 Å². The molecule has 2 fully saturated rings. The maximum Gasteiger partial charge on any atom is 0.322 e. The van der Waals surface area contributed by atoms with E-state index in [1.165, 1.54) is 12.1 Å². The lowest BCUT2D eigenvalue weighted by Crippen LogP contribution is -2.48. The van der Waals surface area contributed by atoms with Crippen molar-refractivity contribution in [2.75, 3.05) is 43.1 Å². The number of piperidine rings is 1. The van der Waals surface area contributed by atoms with Crippen LogP contribution in [0.3, 0.4) is 0 Å². The lowest BCUT2D eigenvalue weighted by atomic mass is 9.93. The number of rotatable bonds is 3. The number of carbonyl (C=O) groups is 1. The fourth-order valence-corrected chi connectivity index (χ4v) is 3.75. The van der Waals surface area contributed by atoms with Crippen LogP contribution < -0.4 is 10.2 Å². The number of anilines is 2. The van der Waals surface area contributed by atoms with Crippen LogP contribution in [0, 0.1) is 11.7 Å². The van der Waals surface area contributed by atoms with Crippen LogP contribution in [0.4, 0.5) is 20.6 Å². The van der Waals surface area contributed by atoms with E-state index >= 15 is 0 Å². The van der Waals surface area contributed by atoms with Gasteiger partial charge in [-0.3, -0.25) is 0 Å². The number of nitrogens with zero attached hydrogens (tertiary/aromatic N) is 2. The predicted octanol–water partition coefficient (Wildman–Crippen LogP) is 3.70. The van der Waals surface area contributed by atoms with Gasteiger partial charge in [-0.05, 0) is 43.4 Å². The third-order valence-corrected chi connectivity index (χ3v) is 5.09. The molecule has 0 saturated carbocycles. The van der Waals surface area contributed by atoms with Gasteiger partial charge in [0.15, 0.2) is 0 Å². The Morgan fingerprint density at radius 3 is 2.68 bits per heavy atom. The summed E-state index contributed by atoms with van der Waals surface area (Å²) in [6.07, 6.45) is 3.22. The molecular weight excluding hydrogens is 321 g/mol. The van der Waals surface area contributed by atoms with Gasteiger partial charge in [0.1, 0.15) is 5.82 Å². The molecule has 25 heavy (non-hydrogen) atoms. The number of morpholine rings is 1. The maximum absolute atomic E-state index is 14.1. The van der Waals surface area contributed by atoms with E-state index in [0.717, 1.165) is 44.6 Å². The molecule has 6 heteroatoms. The van der Waals surface area contributed by atoms with E-state index in [4.69, 9.17) is 4.74 Å². The standard InChI is InChI=1S/C19H28FN3O2/c1-14(2)18-5-3-4-6-23(18)19(24)21-16-11-15(20)12-17(13-16)22-7-9-25-10-8-22/h11-14,18H,3-10H2,1-2H3,(H,21,24). The second-order valence-corrected chi connectivity index (χ2v) is 7.23. The number of halogens is 1.